The number of aliphatic hydroxyl groups is 1. The molecule has 0 amide bonds. The van der Waals surface area contributed by atoms with E-state index in [0.29, 0.717) is 6.54 Å². The van der Waals surface area contributed by atoms with Gasteiger partial charge in [0.2, 0.25) is 0 Å². The van der Waals surface area contributed by atoms with Crippen molar-refractivity contribution in [1.29, 1.82) is 0 Å². The third kappa shape index (κ3) is 3.30. The van der Waals surface area contributed by atoms with Crippen LogP contribution >= 0.6 is 0 Å². The first kappa shape index (κ1) is 14.2. The van der Waals surface area contributed by atoms with Crippen LogP contribution in [-0.4, -0.2) is 17.8 Å². The second kappa shape index (κ2) is 5.19. The topological polar surface area (TPSA) is 46.2 Å². The van der Waals surface area contributed by atoms with Crippen molar-refractivity contribution in [2.24, 2.45) is 5.73 Å². The molecular weight excluding hydrogens is 210 g/mol. The van der Waals surface area contributed by atoms with E-state index in [0.717, 1.165) is 0 Å². The lowest BCUT2D eigenvalue weighted by Gasteiger charge is -2.24. The summed E-state index contributed by atoms with van der Waals surface area (Å²) in [4.78, 5) is 0. The van der Waals surface area contributed by atoms with Crippen LogP contribution in [0.15, 0.2) is 18.2 Å². The van der Waals surface area contributed by atoms with Gasteiger partial charge in [0.25, 0.3) is 0 Å². The summed E-state index contributed by atoms with van der Waals surface area (Å²) in [7, 11) is 0. The molecule has 0 aliphatic rings. The van der Waals surface area contributed by atoms with Crippen LogP contribution in [-0.2, 0) is 5.41 Å². The molecule has 2 nitrogen and oxygen atoms in total. The van der Waals surface area contributed by atoms with E-state index in [1.807, 2.05) is 6.92 Å². The van der Waals surface area contributed by atoms with Gasteiger partial charge in [0.15, 0.2) is 0 Å². The molecule has 0 spiro atoms. The minimum absolute atomic E-state index is 0.0855. The van der Waals surface area contributed by atoms with Crippen molar-refractivity contribution < 1.29 is 5.11 Å². The molecule has 1 aromatic carbocycles. The Balaban J connectivity index is 3.15. The fraction of sp³-hybridized carbons (Fsp3) is 0.600. The molecule has 0 radical (unpaired) electrons. The summed E-state index contributed by atoms with van der Waals surface area (Å²) in [5.74, 6) is 0.0855. The van der Waals surface area contributed by atoms with Crippen LogP contribution in [0.25, 0.3) is 0 Å². The lowest BCUT2D eigenvalue weighted by molar-refractivity contribution is 0.157. The Morgan fingerprint density at radius 3 is 2.35 bits per heavy atom. The first-order valence-electron chi connectivity index (χ1n) is 6.26. The molecule has 0 aliphatic heterocycles. The average molecular weight is 235 g/mol. The number of aryl methyl sites for hydroxylation is 1. The largest absolute Gasteiger partial charge is 0.391 e. The molecule has 3 N–H and O–H groups in total. The summed E-state index contributed by atoms with van der Waals surface area (Å²) < 4.78 is 0. The van der Waals surface area contributed by atoms with Crippen molar-refractivity contribution in [3.8, 4) is 0 Å². The average Bonchev–Trinajstić information content (AvgIpc) is 2.26. The molecule has 0 bridgehead atoms. The van der Waals surface area contributed by atoms with Crippen molar-refractivity contribution in [1.82, 2.24) is 0 Å². The highest BCUT2D eigenvalue weighted by Gasteiger charge is 2.20. The maximum absolute atomic E-state index is 9.87. The highest BCUT2D eigenvalue weighted by atomic mass is 16.3. The van der Waals surface area contributed by atoms with E-state index in [2.05, 4.69) is 45.9 Å². The summed E-state index contributed by atoms with van der Waals surface area (Å²) in [5.41, 5.74) is 9.39. The number of hydrogen-bond donors (Lipinski definition) is 2. The Labute approximate surface area is 105 Å². The number of aliphatic hydroxyl groups excluding tert-OH is 1. The summed E-state index contributed by atoms with van der Waals surface area (Å²) in [5, 5.41) is 9.87. The Morgan fingerprint density at radius 2 is 1.88 bits per heavy atom. The second-order valence-electron chi connectivity index (χ2n) is 5.91. The van der Waals surface area contributed by atoms with E-state index in [1.165, 1.54) is 16.7 Å². The van der Waals surface area contributed by atoms with Gasteiger partial charge in [0.1, 0.15) is 0 Å². The van der Waals surface area contributed by atoms with E-state index < -0.39 is 6.10 Å². The van der Waals surface area contributed by atoms with Gasteiger partial charge < -0.3 is 10.8 Å². The normalized spacial score (nSPS) is 15.7. The maximum atomic E-state index is 9.87. The van der Waals surface area contributed by atoms with Crippen LogP contribution < -0.4 is 5.73 Å². The second-order valence-corrected chi connectivity index (χ2v) is 5.91. The van der Waals surface area contributed by atoms with Crippen LogP contribution in [0.3, 0.4) is 0 Å². The molecule has 0 saturated carbocycles. The monoisotopic (exact) mass is 235 g/mol. The summed E-state index contributed by atoms with van der Waals surface area (Å²) in [6.45, 7) is 11.0. The Hall–Kier alpha value is -0.860. The quantitative estimate of drug-likeness (QED) is 0.846. The molecule has 1 rings (SSSR count). The number of rotatable bonds is 3. The van der Waals surface area contributed by atoms with Crippen LogP contribution in [0.5, 0.6) is 0 Å². The molecule has 0 heterocycles. The van der Waals surface area contributed by atoms with Gasteiger partial charge in [-0.25, -0.2) is 0 Å². The van der Waals surface area contributed by atoms with Crippen LogP contribution in [0.2, 0.25) is 0 Å². The first-order chi connectivity index (χ1) is 7.77. The minimum atomic E-state index is -0.469. The zero-order valence-electron chi connectivity index (χ0n) is 11.6. The molecule has 2 atom stereocenters. The van der Waals surface area contributed by atoms with Gasteiger partial charge in [-0.15, -0.1) is 0 Å². The Morgan fingerprint density at radius 1 is 1.29 bits per heavy atom. The van der Waals surface area contributed by atoms with Gasteiger partial charge in [0, 0.05) is 12.5 Å². The van der Waals surface area contributed by atoms with Crippen molar-refractivity contribution in [3.63, 3.8) is 0 Å². The van der Waals surface area contributed by atoms with E-state index in [4.69, 9.17) is 5.73 Å². The first-order valence-corrected chi connectivity index (χ1v) is 6.26. The van der Waals surface area contributed by atoms with Crippen LogP contribution in [0.4, 0.5) is 0 Å². The van der Waals surface area contributed by atoms with E-state index in [9.17, 15) is 5.11 Å². The van der Waals surface area contributed by atoms with E-state index in [1.54, 1.807) is 0 Å². The standard InChI is InChI=1S/C15H25NO/c1-10-6-7-12(15(3,4)5)8-13(10)11(2)14(17)9-16/h6-8,11,14,17H,9,16H2,1-5H3. The molecular formula is C15H25NO. The third-order valence-corrected chi connectivity index (χ3v) is 3.45. The molecule has 2 heteroatoms. The van der Waals surface area contributed by atoms with Gasteiger partial charge in [-0.05, 0) is 29.0 Å². The molecule has 0 aliphatic carbocycles. The van der Waals surface area contributed by atoms with Gasteiger partial charge in [-0.3, -0.25) is 0 Å². The Kier molecular flexibility index (Phi) is 4.34. The van der Waals surface area contributed by atoms with Crippen molar-refractivity contribution >= 4 is 0 Å². The van der Waals surface area contributed by atoms with Crippen molar-refractivity contribution in [3.05, 3.63) is 34.9 Å². The molecule has 0 aromatic heterocycles. The van der Waals surface area contributed by atoms with Crippen molar-refractivity contribution in [2.75, 3.05) is 6.54 Å². The predicted molar refractivity (Wildman–Crippen MR) is 73.4 cm³/mol. The highest BCUT2D eigenvalue weighted by molar-refractivity contribution is 5.37. The number of benzene rings is 1. The minimum Gasteiger partial charge on any atom is -0.391 e. The SMILES string of the molecule is Cc1ccc(C(C)(C)C)cc1C(C)C(O)CN. The smallest absolute Gasteiger partial charge is 0.0728 e. The molecule has 96 valence electrons. The fourth-order valence-corrected chi connectivity index (χ4v) is 2.01. The van der Waals surface area contributed by atoms with Gasteiger partial charge >= 0.3 is 0 Å². The maximum Gasteiger partial charge on any atom is 0.0728 e. The molecule has 2 unspecified atom stereocenters. The summed E-state index contributed by atoms with van der Waals surface area (Å²) in [6, 6.07) is 6.51. The van der Waals surface area contributed by atoms with Crippen LogP contribution in [0, 0.1) is 6.92 Å². The molecule has 17 heavy (non-hydrogen) atoms. The van der Waals surface area contributed by atoms with E-state index >= 15 is 0 Å². The number of hydrogen-bond acceptors (Lipinski definition) is 2. The fourth-order valence-electron chi connectivity index (χ4n) is 2.01. The lowest BCUT2D eigenvalue weighted by atomic mass is 9.82. The van der Waals surface area contributed by atoms with Gasteiger partial charge in [-0.1, -0.05) is 45.9 Å². The predicted octanol–water partition coefficient (Wildman–Crippen LogP) is 2.72. The third-order valence-electron chi connectivity index (χ3n) is 3.45. The summed E-state index contributed by atoms with van der Waals surface area (Å²) >= 11 is 0. The van der Waals surface area contributed by atoms with E-state index in [-0.39, 0.29) is 11.3 Å². The van der Waals surface area contributed by atoms with Crippen LogP contribution in [0.1, 0.15) is 50.3 Å². The lowest BCUT2D eigenvalue weighted by Crippen LogP contribution is -2.26. The molecule has 0 saturated heterocycles. The summed E-state index contributed by atoms with van der Waals surface area (Å²) in [6.07, 6.45) is -0.469. The zero-order valence-corrected chi connectivity index (χ0v) is 11.6. The zero-order chi connectivity index (χ0) is 13.2. The van der Waals surface area contributed by atoms with Gasteiger partial charge in [-0.2, -0.15) is 0 Å². The highest BCUT2D eigenvalue weighted by Crippen LogP contribution is 2.29. The van der Waals surface area contributed by atoms with Crippen molar-refractivity contribution in [2.45, 2.75) is 52.1 Å². The molecule has 1 aromatic rings. The van der Waals surface area contributed by atoms with Gasteiger partial charge in [0.05, 0.1) is 6.10 Å². The molecule has 0 fully saturated rings. The Bertz CT molecular complexity index is 379. The number of nitrogens with two attached hydrogens (primary N) is 1.